The third-order valence-corrected chi connectivity index (χ3v) is 3.84. The normalized spacial score (nSPS) is 19.4. The van der Waals surface area contributed by atoms with E-state index in [1.807, 2.05) is 0 Å². The Hall–Kier alpha value is -1.06. The van der Waals surface area contributed by atoms with Gasteiger partial charge in [-0.2, -0.15) is 0 Å². The van der Waals surface area contributed by atoms with Crippen LogP contribution in [0.5, 0.6) is 0 Å². The summed E-state index contributed by atoms with van der Waals surface area (Å²) in [4.78, 5) is 2.39. The van der Waals surface area contributed by atoms with E-state index in [0.29, 0.717) is 6.04 Å². The molecule has 0 aromatic heterocycles. The van der Waals surface area contributed by atoms with Gasteiger partial charge < -0.3 is 15.0 Å². The summed E-state index contributed by atoms with van der Waals surface area (Å²) in [6, 6.07) is 7.11. The van der Waals surface area contributed by atoms with Crippen molar-refractivity contribution in [3.63, 3.8) is 0 Å². The quantitative estimate of drug-likeness (QED) is 0.881. The summed E-state index contributed by atoms with van der Waals surface area (Å²) in [7, 11) is 2.20. The minimum Gasteiger partial charge on any atom is -0.378 e. The molecular formula is C16H26N2O. The lowest BCUT2D eigenvalue weighted by atomic mass is 10.0. The molecule has 1 aliphatic heterocycles. The van der Waals surface area contributed by atoms with E-state index in [0.717, 1.165) is 39.1 Å². The monoisotopic (exact) mass is 262 g/mol. The lowest BCUT2D eigenvalue weighted by Gasteiger charge is -2.31. The van der Waals surface area contributed by atoms with Gasteiger partial charge in [-0.3, -0.25) is 0 Å². The van der Waals surface area contributed by atoms with Crippen molar-refractivity contribution in [1.29, 1.82) is 0 Å². The Balaban J connectivity index is 2.14. The Morgan fingerprint density at radius 3 is 2.47 bits per heavy atom. The van der Waals surface area contributed by atoms with Gasteiger partial charge >= 0.3 is 0 Å². The van der Waals surface area contributed by atoms with Crippen molar-refractivity contribution >= 4 is 5.69 Å². The number of likely N-dealkylation sites (N-methyl/N-ethyl adjacent to an activating group) is 1. The van der Waals surface area contributed by atoms with E-state index in [-0.39, 0.29) is 0 Å². The van der Waals surface area contributed by atoms with Gasteiger partial charge in [0.1, 0.15) is 0 Å². The molecule has 1 aliphatic rings. The van der Waals surface area contributed by atoms with Crippen LogP contribution in [0.15, 0.2) is 18.2 Å². The van der Waals surface area contributed by atoms with Crippen molar-refractivity contribution < 1.29 is 4.74 Å². The maximum atomic E-state index is 5.54. The highest BCUT2D eigenvalue weighted by molar-refractivity contribution is 5.59. The number of benzene rings is 1. The van der Waals surface area contributed by atoms with Crippen molar-refractivity contribution in [2.75, 3.05) is 38.3 Å². The fourth-order valence-corrected chi connectivity index (χ4v) is 2.86. The van der Waals surface area contributed by atoms with Crippen LogP contribution < -0.4 is 10.2 Å². The number of ether oxygens (including phenoxy) is 1. The summed E-state index contributed by atoms with van der Waals surface area (Å²) in [6.07, 6.45) is 2.17. The Kier molecular flexibility index (Phi) is 5.23. The minimum absolute atomic E-state index is 0.438. The Labute approximate surface area is 116 Å². The molecule has 0 spiro atoms. The highest BCUT2D eigenvalue weighted by Crippen LogP contribution is 2.26. The first-order chi connectivity index (χ1) is 9.26. The molecule has 3 nitrogen and oxygen atoms in total. The Morgan fingerprint density at radius 2 is 1.95 bits per heavy atom. The molecule has 0 bridgehead atoms. The van der Waals surface area contributed by atoms with Gasteiger partial charge in [0, 0.05) is 31.9 Å². The molecule has 0 aliphatic carbocycles. The maximum absolute atomic E-state index is 5.54. The number of nitrogens with zero attached hydrogens (tertiary/aromatic N) is 1. The number of morpholine rings is 1. The van der Waals surface area contributed by atoms with Crippen LogP contribution in [0.1, 0.15) is 25.0 Å². The van der Waals surface area contributed by atoms with Crippen LogP contribution in [0, 0.1) is 0 Å². The molecule has 1 N–H and O–H groups in total. The highest BCUT2D eigenvalue weighted by atomic mass is 16.5. The second-order valence-electron chi connectivity index (χ2n) is 5.24. The Bertz CT molecular complexity index is 377. The molecule has 3 heteroatoms. The van der Waals surface area contributed by atoms with Crippen LogP contribution in [0.2, 0.25) is 0 Å². The molecule has 106 valence electrons. The topological polar surface area (TPSA) is 24.5 Å². The average molecular weight is 262 g/mol. The number of hydrogen-bond acceptors (Lipinski definition) is 3. The third-order valence-electron chi connectivity index (χ3n) is 3.84. The van der Waals surface area contributed by atoms with Crippen molar-refractivity contribution in [2.24, 2.45) is 0 Å². The van der Waals surface area contributed by atoms with E-state index in [4.69, 9.17) is 4.74 Å². The molecule has 1 atom stereocenters. The van der Waals surface area contributed by atoms with Gasteiger partial charge in [-0.15, -0.1) is 0 Å². The molecule has 1 fully saturated rings. The SMILES string of the molecule is CCc1cccc(CC)c1N(C)CC1COCCN1. The zero-order valence-corrected chi connectivity index (χ0v) is 12.4. The smallest absolute Gasteiger partial charge is 0.0637 e. The van der Waals surface area contributed by atoms with Gasteiger partial charge in [-0.25, -0.2) is 0 Å². The molecular weight excluding hydrogens is 236 g/mol. The van der Waals surface area contributed by atoms with Crippen LogP contribution in [-0.4, -0.2) is 39.4 Å². The highest BCUT2D eigenvalue weighted by Gasteiger charge is 2.18. The van der Waals surface area contributed by atoms with Crippen LogP contribution in [0.4, 0.5) is 5.69 Å². The number of nitrogens with one attached hydrogen (secondary N) is 1. The average Bonchev–Trinajstić information content (AvgIpc) is 2.47. The molecule has 0 radical (unpaired) electrons. The summed E-state index contributed by atoms with van der Waals surface area (Å²) in [5.41, 5.74) is 4.30. The van der Waals surface area contributed by atoms with Crippen LogP contribution in [0.3, 0.4) is 0 Å². The van der Waals surface area contributed by atoms with Gasteiger partial charge in [-0.05, 0) is 24.0 Å². The van der Waals surface area contributed by atoms with Crippen LogP contribution in [-0.2, 0) is 17.6 Å². The van der Waals surface area contributed by atoms with Crippen molar-refractivity contribution in [3.05, 3.63) is 29.3 Å². The van der Waals surface area contributed by atoms with E-state index in [1.165, 1.54) is 16.8 Å². The second-order valence-corrected chi connectivity index (χ2v) is 5.24. The fourth-order valence-electron chi connectivity index (χ4n) is 2.86. The first-order valence-electron chi connectivity index (χ1n) is 7.39. The molecule has 1 aromatic carbocycles. The van der Waals surface area contributed by atoms with E-state index in [2.05, 4.69) is 49.3 Å². The minimum atomic E-state index is 0.438. The van der Waals surface area contributed by atoms with Crippen LogP contribution in [0.25, 0.3) is 0 Å². The predicted molar refractivity (Wildman–Crippen MR) is 81.1 cm³/mol. The van der Waals surface area contributed by atoms with Crippen molar-refractivity contribution in [2.45, 2.75) is 32.7 Å². The van der Waals surface area contributed by atoms with Crippen LogP contribution >= 0.6 is 0 Å². The summed E-state index contributed by atoms with van der Waals surface area (Å²) < 4.78 is 5.54. The molecule has 0 saturated carbocycles. The number of anilines is 1. The summed E-state index contributed by atoms with van der Waals surface area (Å²) in [5, 5.41) is 3.53. The standard InChI is InChI=1S/C16H26N2O/c1-4-13-7-6-8-14(5-2)16(13)18(3)11-15-12-19-10-9-17-15/h6-8,15,17H,4-5,9-12H2,1-3H3. The number of para-hydroxylation sites is 1. The molecule has 1 aromatic rings. The molecule has 1 unspecified atom stereocenters. The number of hydrogen-bond donors (Lipinski definition) is 1. The second kappa shape index (κ2) is 6.92. The van der Waals surface area contributed by atoms with E-state index < -0.39 is 0 Å². The molecule has 0 amide bonds. The molecule has 1 saturated heterocycles. The molecule has 1 heterocycles. The van der Waals surface area contributed by atoms with E-state index in [1.54, 1.807) is 0 Å². The third kappa shape index (κ3) is 3.48. The maximum Gasteiger partial charge on any atom is 0.0637 e. The van der Waals surface area contributed by atoms with Gasteiger partial charge in [0.2, 0.25) is 0 Å². The summed E-state index contributed by atoms with van der Waals surface area (Å²) >= 11 is 0. The lowest BCUT2D eigenvalue weighted by molar-refractivity contribution is 0.0791. The molecule has 19 heavy (non-hydrogen) atoms. The number of rotatable bonds is 5. The molecule has 2 rings (SSSR count). The fraction of sp³-hybridized carbons (Fsp3) is 0.625. The van der Waals surface area contributed by atoms with Crippen molar-refractivity contribution in [3.8, 4) is 0 Å². The van der Waals surface area contributed by atoms with Gasteiger partial charge in [0.05, 0.1) is 13.2 Å². The zero-order chi connectivity index (χ0) is 13.7. The van der Waals surface area contributed by atoms with Gasteiger partial charge in [-0.1, -0.05) is 32.0 Å². The zero-order valence-electron chi connectivity index (χ0n) is 12.4. The van der Waals surface area contributed by atoms with Gasteiger partial charge in [0.15, 0.2) is 0 Å². The first kappa shape index (κ1) is 14.4. The predicted octanol–water partition coefficient (Wildman–Crippen LogP) is 2.24. The van der Waals surface area contributed by atoms with E-state index >= 15 is 0 Å². The van der Waals surface area contributed by atoms with E-state index in [9.17, 15) is 0 Å². The lowest BCUT2D eigenvalue weighted by Crippen LogP contribution is -2.48. The Morgan fingerprint density at radius 1 is 1.26 bits per heavy atom. The summed E-state index contributed by atoms with van der Waals surface area (Å²) in [5.74, 6) is 0. The van der Waals surface area contributed by atoms with Crippen molar-refractivity contribution in [1.82, 2.24) is 5.32 Å². The first-order valence-corrected chi connectivity index (χ1v) is 7.39. The number of aryl methyl sites for hydroxylation is 2. The van der Waals surface area contributed by atoms with Gasteiger partial charge in [0.25, 0.3) is 0 Å². The summed E-state index contributed by atoms with van der Waals surface area (Å²) in [6.45, 7) is 8.09. The largest absolute Gasteiger partial charge is 0.378 e.